The summed E-state index contributed by atoms with van der Waals surface area (Å²) >= 11 is 0. The van der Waals surface area contributed by atoms with Gasteiger partial charge < -0.3 is 9.47 Å². The van der Waals surface area contributed by atoms with Gasteiger partial charge in [-0.3, -0.25) is 0 Å². The van der Waals surface area contributed by atoms with Gasteiger partial charge in [0.05, 0.1) is 11.9 Å². The van der Waals surface area contributed by atoms with E-state index < -0.39 is 12.2 Å². The van der Waals surface area contributed by atoms with Crippen molar-refractivity contribution in [1.29, 1.82) is 0 Å². The lowest BCUT2D eigenvalue weighted by Crippen LogP contribution is -2.06. The molecule has 136 valence electrons. The molecule has 7 nitrogen and oxygen atoms in total. The second kappa shape index (κ2) is 7.42. The summed E-state index contributed by atoms with van der Waals surface area (Å²) in [4.78, 5) is 8.31. The quantitative estimate of drug-likeness (QED) is 0.672. The molecular formula is C17H17F2N5O2. The fourth-order valence-electron chi connectivity index (χ4n) is 2.10. The van der Waals surface area contributed by atoms with Gasteiger partial charge in [0, 0.05) is 24.9 Å². The average molecular weight is 361 g/mol. The molecule has 1 unspecified atom stereocenters. The third-order valence-electron chi connectivity index (χ3n) is 3.56. The molecule has 0 spiro atoms. The Bertz CT molecular complexity index is 914. The predicted molar refractivity (Wildman–Crippen MR) is 88.4 cm³/mol. The minimum atomic E-state index is -1.63. The maximum absolute atomic E-state index is 13.6. The van der Waals surface area contributed by atoms with Gasteiger partial charge in [-0.05, 0) is 31.5 Å². The van der Waals surface area contributed by atoms with Crippen molar-refractivity contribution in [3.63, 3.8) is 0 Å². The minimum absolute atomic E-state index is 0.120. The molecule has 0 aliphatic heterocycles. The lowest BCUT2D eigenvalue weighted by molar-refractivity contribution is 0.0814. The highest BCUT2D eigenvalue weighted by Gasteiger charge is 2.11. The summed E-state index contributed by atoms with van der Waals surface area (Å²) in [5.41, 5.74) is 2.81. The summed E-state index contributed by atoms with van der Waals surface area (Å²) in [7, 11) is 0. The highest BCUT2D eigenvalue weighted by atomic mass is 19.1. The molecular weight excluding hydrogens is 344 g/mol. The molecule has 2 aromatic heterocycles. The van der Waals surface area contributed by atoms with E-state index in [0.717, 1.165) is 11.3 Å². The van der Waals surface area contributed by atoms with Crippen molar-refractivity contribution in [3.05, 3.63) is 53.4 Å². The number of hydrogen-bond acceptors (Lipinski definition) is 6. The van der Waals surface area contributed by atoms with Crippen LogP contribution in [0.2, 0.25) is 0 Å². The van der Waals surface area contributed by atoms with Gasteiger partial charge in [-0.1, -0.05) is 5.21 Å². The smallest absolute Gasteiger partial charge is 0.316 e. The van der Waals surface area contributed by atoms with E-state index in [2.05, 4.69) is 20.3 Å². The van der Waals surface area contributed by atoms with Gasteiger partial charge in [-0.2, -0.15) is 0 Å². The van der Waals surface area contributed by atoms with Crippen LogP contribution in [-0.4, -0.2) is 31.3 Å². The fraction of sp³-hybridized carbons (Fsp3) is 0.294. The second-order valence-corrected chi connectivity index (χ2v) is 5.64. The number of nitrogens with zero attached hydrogens (tertiary/aromatic N) is 5. The van der Waals surface area contributed by atoms with E-state index in [1.54, 1.807) is 12.4 Å². The summed E-state index contributed by atoms with van der Waals surface area (Å²) < 4.78 is 38.3. The number of aromatic nitrogens is 5. The van der Waals surface area contributed by atoms with Crippen LogP contribution < -0.4 is 9.47 Å². The van der Waals surface area contributed by atoms with Gasteiger partial charge >= 0.3 is 6.01 Å². The fourth-order valence-corrected chi connectivity index (χ4v) is 2.10. The van der Waals surface area contributed by atoms with Crippen molar-refractivity contribution < 1.29 is 18.3 Å². The molecule has 0 bridgehead atoms. The third-order valence-corrected chi connectivity index (χ3v) is 3.56. The summed E-state index contributed by atoms with van der Waals surface area (Å²) in [5.74, 6) is -0.858. The molecule has 26 heavy (non-hydrogen) atoms. The molecule has 1 aromatic carbocycles. The molecule has 1 atom stereocenters. The molecule has 0 aliphatic carbocycles. The maximum Gasteiger partial charge on any atom is 0.316 e. The predicted octanol–water partition coefficient (Wildman–Crippen LogP) is 3.09. The van der Waals surface area contributed by atoms with E-state index in [0.29, 0.717) is 11.4 Å². The van der Waals surface area contributed by atoms with E-state index in [1.165, 1.54) is 29.8 Å². The first-order valence-electron chi connectivity index (χ1n) is 7.87. The first kappa shape index (κ1) is 17.7. The van der Waals surface area contributed by atoms with Crippen molar-refractivity contribution in [3.8, 4) is 17.4 Å². The first-order valence-corrected chi connectivity index (χ1v) is 7.87. The Hall–Kier alpha value is -3.10. The van der Waals surface area contributed by atoms with Crippen molar-refractivity contribution >= 4 is 0 Å². The van der Waals surface area contributed by atoms with Crippen LogP contribution in [0.25, 0.3) is 5.69 Å². The SMILES string of the molecule is Cc1cnc(OCc2cn(-c3ccc(F)c(OC(C)F)c3)nn2)nc1C. The van der Waals surface area contributed by atoms with E-state index >= 15 is 0 Å². The molecule has 0 amide bonds. The van der Waals surface area contributed by atoms with E-state index in [-0.39, 0.29) is 18.4 Å². The Morgan fingerprint density at radius 2 is 2.08 bits per heavy atom. The molecule has 0 aliphatic rings. The van der Waals surface area contributed by atoms with E-state index in [4.69, 9.17) is 9.47 Å². The topological polar surface area (TPSA) is 75.0 Å². The number of halogens is 2. The van der Waals surface area contributed by atoms with Crippen LogP contribution >= 0.6 is 0 Å². The summed E-state index contributed by atoms with van der Waals surface area (Å²) in [5, 5.41) is 7.94. The number of rotatable bonds is 6. The molecule has 2 heterocycles. The van der Waals surface area contributed by atoms with Gasteiger partial charge in [0.2, 0.25) is 6.36 Å². The normalized spacial score (nSPS) is 12.0. The summed E-state index contributed by atoms with van der Waals surface area (Å²) in [6, 6.07) is 4.25. The largest absolute Gasteiger partial charge is 0.458 e. The Kier molecular flexibility index (Phi) is 5.06. The number of alkyl halides is 1. The van der Waals surface area contributed by atoms with Gasteiger partial charge in [0.25, 0.3) is 0 Å². The average Bonchev–Trinajstić information content (AvgIpc) is 3.06. The minimum Gasteiger partial charge on any atom is -0.458 e. The molecule has 0 saturated heterocycles. The van der Waals surface area contributed by atoms with E-state index in [9.17, 15) is 8.78 Å². The van der Waals surface area contributed by atoms with Crippen LogP contribution in [0.3, 0.4) is 0 Å². The number of hydrogen-bond donors (Lipinski definition) is 0. The van der Waals surface area contributed by atoms with Crippen LogP contribution in [0.1, 0.15) is 23.9 Å². The highest BCUT2D eigenvalue weighted by molar-refractivity contribution is 5.39. The van der Waals surface area contributed by atoms with Crippen LogP contribution in [0.4, 0.5) is 8.78 Å². The zero-order valence-corrected chi connectivity index (χ0v) is 14.5. The maximum atomic E-state index is 13.6. The second-order valence-electron chi connectivity index (χ2n) is 5.64. The summed E-state index contributed by atoms with van der Waals surface area (Å²) in [6.45, 7) is 5.07. The Balaban J connectivity index is 1.72. The van der Waals surface area contributed by atoms with Gasteiger partial charge in [0.15, 0.2) is 11.6 Å². The Labute approximate surface area is 148 Å². The third kappa shape index (κ3) is 4.11. The van der Waals surface area contributed by atoms with Crippen LogP contribution in [0, 0.1) is 19.7 Å². The van der Waals surface area contributed by atoms with Crippen molar-refractivity contribution in [1.82, 2.24) is 25.0 Å². The molecule has 0 saturated carbocycles. The highest BCUT2D eigenvalue weighted by Crippen LogP contribution is 2.22. The zero-order valence-electron chi connectivity index (χ0n) is 14.5. The van der Waals surface area contributed by atoms with Gasteiger partial charge in [-0.15, -0.1) is 5.10 Å². The monoisotopic (exact) mass is 361 g/mol. The van der Waals surface area contributed by atoms with Crippen LogP contribution in [0.5, 0.6) is 11.8 Å². The molecule has 9 heteroatoms. The number of benzene rings is 1. The number of ether oxygens (including phenoxy) is 2. The molecule has 3 aromatic rings. The molecule has 0 N–H and O–H groups in total. The van der Waals surface area contributed by atoms with E-state index in [1.807, 2.05) is 13.8 Å². The lowest BCUT2D eigenvalue weighted by Gasteiger charge is -2.09. The number of aryl methyl sites for hydroxylation is 2. The van der Waals surface area contributed by atoms with Crippen molar-refractivity contribution in [2.75, 3.05) is 0 Å². The van der Waals surface area contributed by atoms with Crippen molar-refractivity contribution in [2.24, 2.45) is 0 Å². The van der Waals surface area contributed by atoms with Crippen molar-refractivity contribution in [2.45, 2.75) is 33.7 Å². The molecule has 0 fully saturated rings. The van der Waals surface area contributed by atoms with Crippen LogP contribution in [0.15, 0.2) is 30.6 Å². The molecule has 3 rings (SSSR count). The first-order chi connectivity index (χ1) is 12.4. The zero-order chi connectivity index (χ0) is 18.7. The van der Waals surface area contributed by atoms with Crippen LogP contribution in [-0.2, 0) is 6.61 Å². The lowest BCUT2D eigenvalue weighted by atomic mass is 10.3. The Morgan fingerprint density at radius 1 is 1.27 bits per heavy atom. The van der Waals surface area contributed by atoms with Gasteiger partial charge in [0.1, 0.15) is 12.3 Å². The molecule has 0 radical (unpaired) electrons. The standard InChI is InChI=1S/C17H17F2N5O2/c1-10-7-20-17(21-11(10)2)25-9-13-8-24(23-22-13)14-4-5-15(19)16(6-14)26-12(3)18/h4-8,12H,9H2,1-3H3. The van der Waals surface area contributed by atoms with Gasteiger partial charge in [-0.25, -0.2) is 23.4 Å². The summed E-state index contributed by atoms with van der Waals surface area (Å²) in [6.07, 6.45) is 1.66. The Morgan fingerprint density at radius 3 is 2.81 bits per heavy atom.